The fourth-order valence-corrected chi connectivity index (χ4v) is 3.84. The first-order valence-corrected chi connectivity index (χ1v) is 9.94. The van der Waals surface area contributed by atoms with Gasteiger partial charge in [0.1, 0.15) is 0 Å². The average molecular weight is 373 g/mol. The second-order valence-corrected chi connectivity index (χ2v) is 7.46. The van der Waals surface area contributed by atoms with E-state index in [0.717, 1.165) is 44.9 Å². The summed E-state index contributed by atoms with van der Waals surface area (Å²) in [6, 6.07) is 6.36. The molecule has 1 fully saturated rings. The summed E-state index contributed by atoms with van der Waals surface area (Å²) in [5, 5.41) is 17.5. The number of aliphatic hydroxyl groups is 1. The number of aryl methyl sites for hydroxylation is 1. The van der Waals surface area contributed by atoms with Crippen molar-refractivity contribution in [2.75, 3.05) is 39.5 Å². The van der Waals surface area contributed by atoms with Gasteiger partial charge in [0.15, 0.2) is 5.96 Å². The lowest BCUT2D eigenvalue weighted by Gasteiger charge is -2.24. The Morgan fingerprint density at radius 3 is 3.00 bits per heavy atom. The average Bonchev–Trinajstić information content (AvgIpc) is 3.29. The van der Waals surface area contributed by atoms with Gasteiger partial charge < -0.3 is 25.5 Å². The largest absolute Gasteiger partial charge is 0.396 e. The highest BCUT2D eigenvalue weighted by Crippen LogP contribution is 2.32. The van der Waals surface area contributed by atoms with Crippen LogP contribution in [0.4, 0.5) is 0 Å². The molecule has 27 heavy (non-hydrogen) atoms. The minimum atomic E-state index is -0.0228. The molecule has 0 bridgehead atoms. The number of hydrogen-bond acceptors (Lipinski definition) is 3. The molecule has 1 unspecified atom stereocenters. The topological polar surface area (TPSA) is 81.7 Å². The molecular weight excluding hydrogens is 340 g/mol. The number of aromatic amines is 1. The Morgan fingerprint density at radius 2 is 2.26 bits per heavy atom. The standard InChI is InChI=1S/C21H32N4O2/c1-3-22-20(25-14-21(8-11-26)9-12-27-15-21)23-10-7-17-13-24-18-6-4-5-16(2)19(17)18/h4-6,13,24,26H,3,7-12,14-15H2,1-2H3,(H2,22,23,25). The van der Waals surface area contributed by atoms with Crippen LogP contribution < -0.4 is 10.6 Å². The van der Waals surface area contributed by atoms with Gasteiger partial charge in [0.25, 0.3) is 0 Å². The molecule has 0 saturated carbocycles. The highest BCUT2D eigenvalue weighted by atomic mass is 16.5. The highest BCUT2D eigenvalue weighted by Gasteiger charge is 2.34. The minimum absolute atomic E-state index is 0.0228. The maximum atomic E-state index is 9.38. The van der Waals surface area contributed by atoms with Crippen LogP contribution >= 0.6 is 0 Å². The van der Waals surface area contributed by atoms with Crippen LogP contribution in [0.2, 0.25) is 0 Å². The van der Waals surface area contributed by atoms with Crippen molar-refractivity contribution in [3.05, 3.63) is 35.5 Å². The molecule has 1 aliphatic rings. The van der Waals surface area contributed by atoms with Crippen molar-refractivity contribution in [1.29, 1.82) is 0 Å². The molecular formula is C21H32N4O2. The number of aliphatic hydroxyl groups excluding tert-OH is 1. The van der Waals surface area contributed by atoms with E-state index in [2.05, 4.69) is 53.9 Å². The molecule has 0 amide bonds. The van der Waals surface area contributed by atoms with E-state index >= 15 is 0 Å². The van der Waals surface area contributed by atoms with Crippen LogP contribution in [0.3, 0.4) is 0 Å². The third-order valence-corrected chi connectivity index (χ3v) is 5.43. The van der Waals surface area contributed by atoms with Gasteiger partial charge in [-0.1, -0.05) is 12.1 Å². The van der Waals surface area contributed by atoms with Crippen molar-refractivity contribution >= 4 is 16.9 Å². The second kappa shape index (κ2) is 9.24. The van der Waals surface area contributed by atoms with Gasteiger partial charge in [-0.2, -0.15) is 0 Å². The summed E-state index contributed by atoms with van der Waals surface area (Å²) in [5.41, 5.74) is 3.80. The van der Waals surface area contributed by atoms with Crippen LogP contribution in [0.5, 0.6) is 0 Å². The smallest absolute Gasteiger partial charge is 0.191 e. The Labute approximate surface area is 161 Å². The SMILES string of the molecule is CCNC(=NCC1(CCO)CCOC1)NCCc1c[nH]c2cccc(C)c12. The van der Waals surface area contributed by atoms with E-state index in [0.29, 0.717) is 13.2 Å². The van der Waals surface area contributed by atoms with E-state index < -0.39 is 0 Å². The molecule has 1 aromatic heterocycles. The zero-order valence-electron chi connectivity index (χ0n) is 16.5. The summed E-state index contributed by atoms with van der Waals surface area (Å²) in [6.45, 7) is 8.17. The lowest BCUT2D eigenvalue weighted by atomic mass is 9.84. The molecule has 4 N–H and O–H groups in total. The monoisotopic (exact) mass is 372 g/mol. The van der Waals surface area contributed by atoms with Crippen molar-refractivity contribution in [1.82, 2.24) is 15.6 Å². The Kier molecular flexibility index (Phi) is 6.74. The lowest BCUT2D eigenvalue weighted by Crippen LogP contribution is -2.39. The maximum absolute atomic E-state index is 9.38. The lowest BCUT2D eigenvalue weighted by molar-refractivity contribution is 0.131. The zero-order chi connectivity index (χ0) is 19.1. The molecule has 0 spiro atoms. The van der Waals surface area contributed by atoms with E-state index in [9.17, 15) is 5.11 Å². The van der Waals surface area contributed by atoms with Gasteiger partial charge >= 0.3 is 0 Å². The first-order chi connectivity index (χ1) is 13.2. The molecule has 148 valence electrons. The van der Waals surface area contributed by atoms with Crippen molar-refractivity contribution < 1.29 is 9.84 Å². The fourth-order valence-electron chi connectivity index (χ4n) is 3.84. The van der Waals surface area contributed by atoms with Crippen LogP contribution in [0.1, 0.15) is 30.9 Å². The van der Waals surface area contributed by atoms with Crippen LogP contribution in [0, 0.1) is 12.3 Å². The van der Waals surface area contributed by atoms with E-state index in [1.54, 1.807) is 0 Å². The molecule has 2 heterocycles. The van der Waals surface area contributed by atoms with Gasteiger partial charge in [-0.25, -0.2) is 0 Å². The number of rotatable bonds is 8. The van der Waals surface area contributed by atoms with Crippen molar-refractivity contribution in [2.24, 2.45) is 10.4 Å². The summed E-state index contributed by atoms with van der Waals surface area (Å²) in [4.78, 5) is 8.14. The number of benzene rings is 1. The first-order valence-electron chi connectivity index (χ1n) is 9.94. The minimum Gasteiger partial charge on any atom is -0.396 e. The molecule has 1 aliphatic heterocycles. The van der Waals surface area contributed by atoms with Gasteiger partial charge in [0, 0.05) is 48.8 Å². The summed E-state index contributed by atoms with van der Waals surface area (Å²) >= 11 is 0. The van der Waals surface area contributed by atoms with Crippen LogP contribution in [0.15, 0.2) is 29.4 Å². The van der Waals surface area contributed by atoms with Crippen LogP contribution in [-0.2, 0) is 11.2 Å². The molecule has 6 nitrogen and oxygen atoms in total. The van der Waals surface area contributed by atoms with E-state index in [1.165, 1.54) is 22.0 Å². The molecule has 3 rings (SSSR count). The molecule has 6 heteroatoms. The third-order valence-electron chi connectivity index (χ3n) is 5.43. The van der Waals surface area contributed by atoms with E-state index in [4.69, 9.17) is 9.73 Å². The summed E-state index contributed by atoms with van der Waals surface area (Å²) < 4.78 is 5.56. The Morgan fingerprint density at radius 1 is 1.37 bits per heavy atom. The summed E-state index contributed by atoms with van der Waals surface area (Å²) in [7, 11) is 0. The summed E-state index contributed by atoms with van der Waals surface area (Å²) in [5.74, 6) is 0.832. The number of fused-ring (bicyclic) bond motifs is 1. The number of hydrogen-bond donors (Lipinski definition) is 4. The quantitative estimate of drug-likeness (QED) is 0.424. The Bertz CT molecular complexity index is 763. The van der Waals surface area contributed by atoms with Crippen molar-refractivity contribution in [2.45, 2.75) is 33.1 Å². The Hall–Kier alpha value is -2.05. The third kappa shape index (κ3) is 4.82. The second-order valence-electron chi connectivity index (χ2n) is 7.46. The van der Waals surface area contributed by atoms with Crippen molar-refractivity contribution in [3.8, 4) is 0 Å². The van der Waals surface area contributed by atoms with Gasteiger partial charge in [-0.05, 0) is 50.3 Å². The van der Waals surface area contributed by atoms with Crippen LogP contribution in [-0.4, -0.2) is 55.5 Å². The van der Waals surface area contributed by atoms with E-state index in [1.807, 2.05) is 0 Å². The van der Waals surface area contributed by atoms with E-state index in [-0.39, 0.29) is 12.0 Å². The van der Waals surface area contributed by atoms with Crippen molar-refractivity contribution in [3.63, 3.8) is 0 Å². The number of aliphatic imine (C=N–C) groups is 1. The highest BCUT2D eigenvalue weighted by molar-refractivity contribution is 5.86. The number of ether oxygens (including phenoxy) is 1. The van der Waals surface area contributed by atoms with Gasteiger partial charge in [0.05, 0.1) is 13.2 Å². The maximum Gasteiger partial charge on any atom is 0.191 e. The molecule has 1 aromatic carbocycles. The predicted molar refractivity (Wildman–Crippen MR) is 110 cm³/mol. The zero-order valence-corrected chi connectivity index (χ0v) is 16.5. The molecule has 0 aliphatic carbocycles. The number of aromatic nitrogens is 1. The predicted octanol–water partition coefficient (Wildman–Crippen LogP) is 2.36. The molecule has 0 radical (unpaired) electrons. The molecule has 2 aromatic rings. The molecule has 1 atom stereocenters. The number of H-pyrrole nitrogens is 1. The summed E-state index contributed by atoms with van der Waals surface area (Å²) in [6.07, 6.45) is 4.74. The van der Waals surface area contributed by atoms with Gasteiger partial charge in [-0.15, -0.1) is 0 Å². The normalized spacial score (nSPS) is 20.3. The van der Waals surface area contributed by atoms with Gasteiger partial charge in [-0.3, -0.25) is 4.99 Å². The van der Waals surface area contributed by atoms with Crippen LogP contribution in [0.25, 0.3) is 10.9 Å². The number of nitrogens with one attached hydrogen (secondary N) is 3. The fraction of sp³-hybridized carbons (Fsp3) is 0.571. The Balaban J connectivity index is 1.60. The molecule has 1 saturated heterocycles. The number of guanidine groups is 1. The first kappa shape index (κ1) is 19.7. The van der Waals surface area contributed by atoms with Gasteiger partial charge in [0.2, 0.25) is 0 Å². The number of nitrogens with zero attached hydrogens (tertiary/aromatic N) is 1.